The molecule has 0 saturated carbocycles. The van der Waals surface area contributed by atoms with Crippen molar-refractivity contribution in [2.24, 2.45) is 0 Å². The van der Waals surface area contributed by atoms with E-state index in [1.165, 1.54) is 0 Å². The van der Waals surface area contributed by atoms with E-state index < -0.39 is 14.1 Å². The average molecular weight is 257 g/mol. The van der Waals surface area contributed by atoms with Gasteiger partial charge in [0.15, 0.2) is 8.03 Å². The predicted octanol–water partition coefficient (Wildman–Crippen LogP) is 1.77. The van der Waals surface area contributed by atoms with Gasteiger partial charge in [-0.2, -0.15) is 0 Å². The number of rotatable bonds is 6. The van der Waals surface area contributed by atoms with Crippen molar-refractivity contribution in [1.29, 1.82) is 0 Å². The molecular weight excluding hydrogens is 241 g/mol. The second-order valence-corrected chi connectivity index (χ2v) is 4.77. The highest BCUT2D eigenvalue weighted by molar-refractivity contribution is 7.37. The summed E-state index contributed by atoms with van der Waals surface area (Å²) in [4.78, 5) is 19.8. The Balaban J connectivity index is 2.11. The second-order valence-electron chi connectivity index (χ2n) is 3.49. The van der Waals surface area contributed by atoms with Gasteiger partial charge in [0.25, 0.3) is 0 Å². The van der Waals surface area contributed by atoms with E-state index in [1.807, 2.05) is 30.3 Å². The van der Waals surface area contributed by atoms with E-state index in [0.717, 1.165) is 5.56 Å². The summed E-state index contributed by atoms with van der Waals surface area (Å²) < 4.78 is 15.3. The number of hydrogen-bond acceptors (Lipinski definition) is 3. The van der Waals surface area contributed by atoms with Crippen LogP contribution in [-0.2, 0) is 15.9 Å². The van der Waals surface area contributed by atoms with Gasteiger partial charge in [0.2, 0.25) is 0 Å². The summed E-state index contributed by atoms with van der Waals surface area (Å²) in [5.41, 5.74) is 0.920. The van der Waals surface area contributed by atoms with Gasteiger partial charge in [-0.15, -0.1) is 0 Å². The first-order valence-corrected chi connectivity index (χ1v) is 6.91. The lowest BCUT2D eigenvalue weighted by Gasteiger charge is -2.06. The lowest BCUT2D eigenvalue weighted by Crippen LogP contribution is -2.25. The van der Waals surface area contributed by atoms with Crippen LogP contribution in [-0.4, -0.2) is 23.7 Å². The van der Waals surface area contributed by atoms with Gasteiger partial charge in [-0.05, 0) is 12.0 Å². The first-order valence-electron chi connectivity index (χ1n) is 5.35. The van der Waals surface area contributed by atoms with Gasteiger partial charge in [0.1, 0.15) is 6.61 Å². The topological polar surface area (TPSA) is 75.6 Å². The molecule has 0 bridgehead atoms. The molecule has 1 aromatic rings. The summed E-state index contributed by atoms with van der Waals surface area (Å²) in [7, 11) is -2.43. The van der Waals surface area contributed by atoms with Crippen molar-refractivity contribution in [3.63, 3.8) is 0 Å². The molecule has 5 nitrogen and oxygen atoms in total. The molecule has 0 spiro atoms. The first kappa shape index (κ1) is 13.7. The van der Waals surface area contributed by atoms with Crippen molar-refractivity contribution in [3.05, 3.63) is 35.9 Å². The van der Waals surface area contributed by atoms with Crippen molar-refractivity contribution in [2.45, 2.75) is 13.0 Å². The number of benzene rings is 1. The van der Waals surface area contributed by atoms with Gasteiger partial charge in [0, 0.05) is 12.7 Å². The van der Waals surface area contributed by atoms with Crippen molar-refractivity contribution < 1.29 is 19.0 Å². The van der Waals surface area contributed by atoms with Crippen LogP contribution < -0.4 is 5.32 Å². The fourth-order valence-electron chi connectivity index (χ4n) is 1.20. The third-order valence-corrected chi connectivity index (χ3v) is 2.83. The Bertz CT molecular complexity index is 369. The lowest BCUT2D eigenvalue weighted by atomic mass is 10.2. The largest absolute Gasteiger partial charge is 0.445 e. The molecule has 0 aliphatic heterocycles. The van der Waals surface area contributed by atoms with Gasteiger partial charge in [-0.25, -0.2) is 4.79 Å². The van der Waals surface area contributed by atoms with E-state index in [9.17, 15) is 9.36 Å². The summed E-state index contributed by atoms with van der Waals surface area (Å²) in [6.45, 7) is 0.577. The molecule has 1 rings (SSSR count). The lowest BCUT2D eigenvalue weighted by molar-refractivity contribution is 0.139. The molecule has 0 aliphatic carbocycles. The second kappa shape index (κ2) is 7.87. The number of carbonyl (C=O) groups excluding carboxylic acids is 1. The highest BCUT2D eigenvalue weighted by Gasteiger charge is 2.01. The molecule has 94 valence electrons. The normalized spacial score (nSPS) is 11.8. The molecule has 1 amide bonds. The first-order chi connectivity index (χ1) is 8.18. The Morgan fingerprint density at radius 2 is 2.06 bits per heavy atom. The number of alkyl carbamates (subject to hydrolysis) is 1. The fraction of sp³-hybridized carbons (Fsp3) is 0.364. The van der Waals surface area contributed by atoms with E-state index >= 15 is 0 Å². The maximum absolute atomic E-state index is 11.2. The van der Waals surface area contributed by atoms with Gasteiger partial charge in [0.05, 0.1) is 0 Å². The quantitative estimate of drug-likeness (QED) is 0.601. The molecule has 0 saturated heterocycles. The zero-order valence-corrected chi connectivity index (χ0v) is 10.4. The Hall–Kier alpha value is -1.32. The van der Waals surface area contributed by atoms with Gasteiger partial charge in [-0.3, -0.25) is 4.57 Å². The van der Waals surface area contributed by atoms with Crippen molar-refractivity contribution in [3.8, 4) is 0 Å². The Morgan fingerprint density at radius 1 is 1.35 bits per heavy atom. The van der Waals surface area contributed by atoms with Crippen LogP contribution in [0.15, 0.2) is 30.3 Å². The number of nitrogens with one attached hydrogen (secondary N) is 1. The van der Waals surface area contributed by atoms with Crippen LogP contribution in [0, 0.1) is 0 Å². The minimum Gasteiger partial charge on any atom is -0.445 e. The summed E-state index contributed by atoms with van der Waals surface area (Å²) >= 11 is 0. The van der Waals surface area contributed by atoms with Crippen LogP contribution in [0.5, 0.6) is 0 Å². The molecule has 0 aromatic heterocycles. The van der Waals surface area contributed by atoms with Gasteiger partial charge >= 0.3 is 6.09 Å². The molecule has 0 aliphatic rings. The molecule has 2 N–H and O–H groups in total. The van der Waals surface area contributed by atoms with Crippen LogP contribution in [0.3, 0.4) is 0 Å². The average Bonchev–Trinajstić information content (AvgIpc) is 2.33. The number of hydrogen-bond donors (Lipinski definition) is 2. The third-order valence-electron chi connectivity index (χ3n) is 2.05. The molecule has 17 heavy (non-hydrogen) atoms. The molecule has 0 radical (unpaired) electrons. The monoisotopic (exact) mass is 257 g/mol. The standard InChI is InChI=1S/C11H16NO4P/c13-11(12-7-4-8-17(14)15)16-9-10-5-2-1-3-6-10/h1-3,5-6,17H,4,7-9H2,(H,12,13)(H,14,15). The number of ether oxygens (including phenoxy) is 1. The summed E-state index contributed by atoms with van der Waals surface area (Å²) in [6, 6.07) is 9.36. The third kappa shape index (κ3) is 6.76. The molecule has 1 atom stereocenters. The van der Waals surface area contributed by atoms with Crippen molar-refractivity contribution in [2.75, 3.05) is 12.7 Å². The number of amides is 1. The maximum atomic E-state index is 11.2. The van der Waals surface area contributed by atoms with Crippen molar-refractivity contribution >= 4 is 14.1 Å². The Morgan fingerprint density at radius 3 is 2.71 bits per heavy atom. The molecular formula is C11H16NO4P. The zero-order chi connectivity index (χ0) is 12.5. The highest BCUT2D eigenvalue weighted by Crippen LogP contribution is 2.12. The van der Waals surface area contributed by atoms with Crippen LogP contribution in [0.1, 0.15) is 12.0 Å². The summed E-state index contributed by atoms with van der Waals surface area (Å²) in [5, 5.41) is 2.51. The van der Waals surface area contributed by atoms with Gasteiger partial charge in [-0.1, -0.05) is 30.3 Å². The minimum absolute atomic E-state index is 0.225. The smallest absolute Gasteiger partial charge is 0.407 e. The van der Waals surface area contributed by atoms with E-state index in [0.29, 0.717) is 13.0 Å². The van der Waals surface area contributed by atoms with Crippen LogP contribution >= 0.6 is 8.03 Å². The number of carbonyl (C=O) groups is 1. The van der Waals surface area contributed by atoms with Gasteiger partial charge < -0.3 is 14.9 Å². The summed E-state index contributed by atoms with van der Waals surface area (Å²) in [5.74, 6) is 0. The minimum atomic E-state index is -2.43. The Labute approximate surface area is 101 Å². The zero-order valence-electron chi connectivity index (χ0n) is 9.39. The van der Waals surface area contributed by atoms with Crippen LogP contribution in [0.25, 0.3) is 0 Å². The van der Waals surface area contributed by atoms with E-state index in [-0.39, 0.29) is 12.8 Å². The molecule has 6 heteroatoms. The van der Waals surface area contributed by atoms with E-state index in [4.69, 9.17) is 9.63 Å². The molecule has 1 unspecified atom stereocenters. The fourth-order valence-corrected chi connectivity index (χ4v) is 1.68. The van der Waals surface area contributed by atoms with E-state index in [1.54, 1.807) is 0 Å². The highest BCUT2D eigenvalue weighted by atomic mass is 31.1. The van der Waals surface area contributed by atoms with Crippen LogP contribution in [0.4, 0.5) is 4.79 Å². The SMILES string of the molecule is O=C(NCCC[PH](=O)O)OCc1ccccc1. The van der Waals surface area contributed by atoms with Crippen molar-refractivity contribution in [1.82, 2.24) is 5.32 Å². The Kier molecular flexibility index (Phi) is 6.37. The summed E-state index contributed by atoms with van der Waals surface area (Å²) in [6.07, 6.45) is 0.199. The van der Waals surface area contributed by atoms with Crippen LogP contribution in [0.2, 0.25) is 0 Å². The molecule has 0 fully saturated rings. The predicted molar refractivity (Wildman–Crippen MR) is 65.3 cm³/mol. The molecule has 0 heterocycles. The maximum Gasteiger partial charge on any atom is 0.407 e. The molecule has 1 aromatic carbocycles. The van der Waals surface area contributed by atoms with E-state index in [2.05, 4.69) is 5.32 Å².